The highest BCUT2D eigenvalue weighted by molar-refractivity contribution is 8.00. The molecular weight excluding hydrogens is 831 g/mol. The number of carbonyl (C=O) groups is 8. The van der Waals surface area contributed by atoms with Crippen LogP contribution in [0.15, 0.2) is 24.3 Å². The molecule has 0 radical (unpaired) electrons. The maximum absolute atomic E-state index is 12.6. The van der Waals surface area contributed by atoms with Crippen molar-refractivity contribution < 1.29 is 58.8 Å². The van der Waals surface area contributed by atoms with E-state index in [1.54, 1.807) is 43.9 Å². The maximum atomic E-state index is 12.6. The molecule has 0 aliphatic carbocycles. The molecule has 0 spiro atoms. The Labute approximate surface area is 364 Å². The van der Waals surface area contributed by atoms with E-state index in [4.69, 9.17) is 0 Å². The van der Waals surface area contributed by atoms with Gasteiger partial charge in [-0.3, -0.25) is 53.7 Å². The SMILES string of the molecule is O=C(O)CN1CCN(CC(=O)O)CCN(CC(=O)O)C(Cc2ccc(NC(=O)NC(=O)CCCCCNC(=O)CCCCC3SCC4NC(=O)NC43)cc2)CN(CC(=O)O)CC1. The van der Waals surface area contributed by atoms with Crippen molar-refractivity contribution >= 4 is 65.2 Å². The number of nitrogens with one attached hydrogen (secondary N) is 5. The molecule has 344 valence electrons. The standard InChI is InChI=1S/C40H61N9O12S/c50-32(7-4-3-6-31-38-30(26-62-31)43-40(61)45-38)41-13-5-1-2-8-33(51)44-39(60)42-28-11-9-27(10-12-28)20-29-21-48(24-36(56)57)17-16-46(22-34(52)53)14-15-47(23-35(54)55)18-19-49(29)25-37(58)59/h9-12,29-31,38H,1-8,13-26H2,(H,41,50)(H,52,53)(H,54,55)(H,56,57)(H,58,59)(H2,43,45,61)(H2,42,44,51,60). The van der Waals surface area contributed by atoms with Crippen molar-refractivity contribution in [3.05, 3.63) is 29.8 Å². The van der Waals surface area contributed by atoms with Gasteiger partial charge in [0.2, 0.25) is 11.8 Å². The fourth-order valence-electron chi connectivity index (χ4n) is 7.88. The molecule has 62 heavy (non-hydrogen) atoms. The molecule has 1 aromatic carbocycles. The number of carboxylic acids is 4. The molecular formula is C40H61N9O12S. The molecule has 4 rings (SSSR count). The summed E-state index contributed by atoms with van der Waals surface area (Å²) in [6.07, 6.45) is 5.34. The molecule has 3 heterocycles. The third-order valence-electron chi connectivity index (χ3n) is 11.0. The van der Waals surface area contributed by atoms with E-state index < -0.39 is 48.4 Å². The van der Waals surface area contributed by atoms with Crippen molar-refractivity contribution in [1.29, 1.82) is 0 Å². The maximum Gasteiger partial charge on any atom is 0.325 e. The number of fused-ring (bicyclic) bond motifs is 1. The van der Waals surface area contributed by atoms with Gasteiger partial charge in [0, 0.05) is 87.9 Å². The molecule has 0 saturated carbocycles. The van der Waals surface area contributed by atoms with E-state index in [-0.39, 0.29) is 102 Å². The number of unbranched alkanes of at least 4 members (excludes halogenated alkanes) is 3. The van der Waals surface area contributed by atoms with Crippen LogP contribution >= 0.6 is 11.8 Å². The van der Waals surface area contributed by atoms with Crippen molar-refractivity contribution in [2.75, 3.05) is 89.6 Å². The lowest BCUT2D eigenvalue weighted by Gasteiger charge is -2.37. The van der Waals surface area contributed by atoms with Crippen LogP contribution in [0.3, 0.4) is 0 Å². The molecule has 6 amide bonds. The predicted molar refractivity (Wildman–Crippen MR) is 228 cm³/mol. The summed E-state index contributed by atoms with van der Waals surface area (Å²) < 4.78 is 0. The average Bonchev–Trinajstić information content (AvgIpc) is 3.75. The second-order valence-corrected chi connectivity index (χ2v) is 17.2. The number of carboxylic acid groups (broad SMARTS) is 4. The van der Waals surface area contributed by atoms with Crippen molar-refractivity contribution in [3.63, 3.8) is 0 Å². The van der Waals surface area contributed by atoms with Crippen LogP contribution in [0.25, 0.3) is 0 Å². The number of thioether (sulfide) groups is 1. The van der Waals surface area contributed by atoms with E-state index in [1.807, 2.05) is 11.8 Å². The third-order valence-corrected chi connectivity index (χ3v) is 12.5. The molecule has 3 fully saturated rings. The van der Waals surface area contributed by atoms with Crippen molar-refractivity contribution in [3.8, 4) is 0 Å². The average molecular weight is 892 g/mol. The van der Waals surface area contributed by atoms with Gasteiger partial charge >= 0.3 is 35.9 Å². The minimum atomic E-state index is -1.12. The number of hydrogen-bond donors (Lipinski definition) is 9. The topological polar surface area (TPSA) is 291 Å². The van der Waals surface area contributed by atoms with Gasteiger partial charge in [-0.2, -0.15) is 11.8 Å². The van der Waals surface area contributed by atoms with E-state index >= 15 is 0 Å². The summed E-state index contributed by atoms with van der Waals surface area (Å²) in [5.41, 5.74) is 1.12. The molecule has 21 nitrogen and oxygen atoms in total. The van der Waals surface area contributed by atoms with Crippen molar-refractivity contribution in [2.24, 2.45) is 0 Å². The Morgan fingerprint density at radius 1 is 0.677 bits per heavy atom. The largest absolute Gasteiger partial charge is 0.480 e. The normalized spacial score (nSPS) is 21.6. The lowest BCUT2D eigenvalue weighted by molar-refractivity contribution is -0.142. The molecule has 9 N–H and O–H groups in total. The van der Waals surface area contributed by atoms with Gasteiger partial charge in [0.05, 0.1) is 38.3 Å². The fraction of sp³-hybridized carbons (Fsp3) is 0.650. The highest BCUT2D eigenvalue weighted by Crippen LogP contribution is 2.33. The van der Waals surface area contributed by atoms with Crippen LogP contribution in [0.4, 0.5) is 15.3 Å². The van der Waals surface area contributed by atoms with Gasteiger partial charge in [-0.15, -0.1) is 0 Å². The molecule has 3 aliphatic heterocycles. The van der Waals surface area contributed by atoms with Gasteiger partial charge in [0.1, 0.15) is 0 Å². The summed E-state index contributed by atoms with van der Waals surface area (Å²) in [5.74, 6) is -3.97. The zero-order valence-electron chi connectivity index (χ0n) is 34.9. The first kappa shape index (κ1) is 49.6. The molecule has 3 aliphatic rings. The predicted octanol–water partition coefficient (Wildman–Crippen LogP) is 0.208. The minimum Gasteiger partial charge on any atom is -0.480 e. The van der Waals surface area contributed by atoms with Gasteiger partial charge in [0.25, 0.3) is 0 Å². The quantitative estimate of drug-likeness (QED) is 0.0555. The Hall–Kier alpha value is -5.03. The van der Waals surface area contributed by atoms with Crippen LogP contribution in [0, 0.1) is 0 Å². The first-order valence-corrected chi connectivity index (χ1v) is 22.1. The van der Waals surface area contributed by atoms with Crippen LogP contribution in [-0.2, 0) is 35.2 Å². The number of rotatable bonds is 22. The molecule has 0 bridgehead atoms. The first-order chi connectivity index (χ1) is 29.6. The number of amides is 6. The highest BCUT2D eigenvalue weighted by atomic mass is 32.2. The van der Waals surface area contributed by atoms with Gasteiger partial charge in [-0.05, 0) is 49.8 Å². The number of nitrogens with zero attached hydrogens (tertiary/aromatic N) is 4. The van der Waals surface area contributed by atoms with Crippen LogP contribution < -0.4 is 26.6 Å². The molecule has 0 aromatic heterocycles. The Kier molecular flexibility index (Phi) is 20.6. The van der Waals surface area contributed by atoms with E-state index in [0.717, 1.165) is 30.6 Å². The summed E-state index contributed by atoms with van der Waals surface area (Å²) in [4.78, 5) is 102. The van der Waals surface area contributed by atoms with Gasteiger partial charge in [-0.25, -0.2) is 9.59 Å². The third kappa shape index (κ3) is 18.5. The first-order valence-electron chi connectivity index (χ1n) is 21.1. The monoisotopic (exact) mass is 891 g/mol. The molecule has 4 unspecified atom stereocenters. The number of hydrogen-bond acceptors (Lipinski definition) is 13. The van der Waals surface area contributed by atoms with Crippen LogP contribution in [0.2, 0.25) is 0 Å². The number of carbonyl (C=O) groups excluding carboxylic acids is 4. The zero-order valence-corrected chi connectivity index (χ0v) is 35.7. The fourth-order valence-corrected chi connectivity index (χ4v) is 9.42. The lowest BCUT2D eigenvalue weighted by atomic mass is 10.0. The van der Waals surface area contributed by atoms with Crippen LogP contribution in [0.5, 0.6) is 0 Å². The minimum absolute atomic E-state index is 0.0161. The van der Waals surface area contributed by atoms with Crippen molar-refractivity contribution in [1.82, 2.24) is 40.9 Å². The second-order valence-electron chi connectivity index (χ2n) is 15.9. The van der Waals surface area contributed by atoms with E-state index in [1.165, 1.54) is 0 Å². The van der Waals surface area contributed by atoms with E-state index in [2.05, 4.69) is 26.6 Å². The number of anilines is 1. The smallest absolute Gasteiger partial charge is 0.325 e. The number of aliphatic carboxylic acids is 4. The summed E-state index contributed by atoms with van der Waals surface area (Å²) >= 11 is 1.86. The summed E-state index contributed by atoms with van der Waals surface area (Å²) in [5, 5.41) is 52.6. The van der Waals surface area contributed by atoms with E-state index in [9.17, 15) is 58.8 Å². The number of imide groups is 1. The van der Waals surface area contributed by atoms with E-state index in [0.29, 0.717) is 43.2 Å². The number of urea groups is 2. The van der Waals surface area contributed by atoms with Crippen molar-refractivity contribution in [2.45, 2.75) is 81.2 Å². The second kappa shape index (κ2) is 25.8. The molecule has 22 heteroatoms. The summed E-state index contributed by atoms with van der Waals surface area (Å²) in [7, 11) is 0. The Bertz CT molecular complexity index is 1710. The highest BCUT2D eigenvalue weighted by Gasteiger charge is 2.42. The molecule has 3 saturated heterocycles. The number of benzene rings is 1. The Morgan fingerprint density at radius 3 is 1.90 bits per heavy atom. The van der Waals surface area contributed by atoms with Gasteiger partial charge in [0.15, 0.2) is 0 Å². The molecule has 4 atom stereocenters. The van der Waals surface area contributed by atoms with Crippen LogP contribution in [0.1, 0.15) is 56.9 Å². The lowest BCUT2D eigenvalue weighted by Crippen LogP contribution is -2.53. The Balaban J connectivity index is 1.21. The molecule has 1 aromatic rings. The summed E-state index contributed by atoms with van der Waals surface area (Å²) in [6.45, 7) is 0.238. The van der Waals surface area contributed by atoms with Crippen LogP contribution in [-0.4, -0.2) is 195 Å². The summed E-state index contributed by atoms with van der Waals surface area (Å²) in [6, 6.07) is 5.66. The zero-order chi connectivity index (χ0) is 45.0. The van der Waals surface area contributed by atoms with Gasteiger partial charge < -0.3 is 41.7 Å². The Morgan fingerprint density at radius 2 is 1.26 bits per heavy atom. The van der Waals surface area contributed by atoms with Gasteiger partial charge in [-0.1, -0.05) is 25.0 Å².